The molecule has 4 nitrogen and oxygen atoms in total. The lowest BCUT2D eigenvalue weighted by atomic mass is 10.1. The first-order valence-corrected chi connectivity index (χ1v) is 6.50. The molecular formula is C14H13F3N2O2. The molecule has 0 saturated carbocycles. The third kappa shape index (κ3) is 2.61. The highest BCUT2D eigenvalue weighted by Gasteiger charge is 2.44. The molecule has 1 fully saturated rings. The molecule has 1 aromatic carbocycles. The summed E-state index contributed by atoms with van der Waals surface area (Å²) in [4.78, 5) is 16.6. The first-order valence-electron chi connectivity index (χ1n) is 6.50. The van der Waals surface area contributed by atoms with Crippen molar-refractivity contribution >= 4 is 16.8 Å². The van der Waals surface area contributed by atoms with E-state index in [4.69, 9.17) is 4.74 Å². The van der Waals surface area contributed by atoms with Crippen molar-refractivity contribution in [3.8, 4) is 0 Å². The molecule has 2 heterocycles. The maximum absolute atomic E-state index is 12.7. The number of hydrogen-bond donors (Lipinski definition) is 1. The van der Waals surface area contributed by atoms with Crippen LogP contribution < -0.4 is 0 Å². The van der Waals surface area contributed by atoms with E-state index in [1.54, 1.807) is 18.3 Å². The van der Waals surface area contributed by atoms with Crippen LogP contribution in [0.2, 0.25) is 0 Å². The Morgan fingerprint density at radius 3 is 2.90 bits per heavy atom. The zero-order valence-corrected chi connectivity index (χ0v) is 11.0. The molecule has 1 aliphatic heterocycles. The van der Waals surface area contributed by atoms with Gasteiger partial charge in [-0.3, -0.25) is 4.79 Å². The molecule has 21 heavy (non-hydrogen) atoms. The standard InChI is InChI=1S/C14H13F3N2O2/c15-14(16,17)11-8-19(6-7-21-11)13(20)10-3-1-2-9-4-5-18-12(9)10/h1-5,11,18H,6-8H2/t11-/m0/s1. The number of ether oxygens (including phenoxy) is 1. The average Bonchev–Trinajstić information content (AvgIpc) is 2.94. The molecule has 1 N–H and O–H groups in total. The molecule has 2 aromatic rings. The van der Waals surface area contributed by atoms with Crippen molar-refractivity contribution in [2.75, 3.05) is 19.7 Å². The van der Waals surface area contributed by atoms with Crippen LogP contribution in [0.4, 0.5) is 13.2 Å². The van der Waals surface area contributed by atoms with Gasteiger partial charge >= 0.3 is 6.18 Å². The zero-order chi connectivity index (χ0) is 15.0. The molecule has 1 aromatic heterocycles. The summed E-state index contributed by atoms with van der Waals surface area (Å²) in [6, 6.07) is 6.97. The fraction of sp³-hybridized carbons (Fsp3) is 0.357. The molecule has 0 aliphatic carbocycles. The molecular weight excluding hydrogens is 285 g/mol. The molecule has 1 aliphatic rings. The van der Waals surface area contributed by atoms with Gasteiger partial charge in [0, 0.05) is 18.1 Å². The number of hydrogen-bond acceptors (Lipinski definition) is 2. The topological polar surface area (TPSA) is 45.3 Å². The summed E-state index contributed by atoms with van der Waals surface area (Å²) < 4.78 is 42.8. The molecule has 1 saturated heterocycles. The highest BCUT2D eigenvalue weighted by Crippen LogP contribution is 2.27. The Labute approximate surface area is 118 Å². The van der Waals surface area contributed by atoms with Gasteiger partial charge in [-0.15, -0.1) is 0 Å². The van der Waals surface area contributed by atoms with Gasteiger partial charge in [0.25, 0.3) is 5.91 Å². The van der Waals surface area contributed by atoms with E-state index in [9.17, 15) is 18.0 Å². The van der Waals surface area contributed by atoms with Crippen molar-refractivity contribution in [2.24, 2.45) is 0 Å². The lowest BCUT2D eigenvalue weighted by Crippen LogP contribution is -2.51. The van der Waals surface area contributed by atoms with Gasteiger partial charge in [-0.1, -0.05) is 12.1 Å². The molecule has 0 spiro atoms. The SMILES string of the molecule is O=C(c1cccc2cc[nH]c12)N1CCO[C@H](C(F)(F)F)C1. The second-order valence-electron chi connectivity index (χ2n) is 4.90. The number of benzene rings is 1. The molecule has 7 heteroatoms. The minimum atomic E-state index is -4.46. The summed E-state index contributed by atoms with van der Waals surface area (Å²) in [5, 5.41) is 0.849. The van der Waals surface area contributed by atoms with Crippen LogP contribution in [0.3, 0.4) is 0 Å². The van der Waals surface area contributed by atoms with Crippen molar-refractivity contribution in [1.29, 1.82) is 0 Å². The molecule has 1 amide bonds. The lowest BCUT2D eigenvalue weighted by Gasteiger charge is -2.33. The monoisotopic (exact) mass is 298 g/mol. The van der Waals surface area contributed by atoms with E-state index in [1.165, 1.54) is 4.90 Å². The quantitative estimate of drug-likeness (QED) is 0.879. The van der Waals surface area contributed by atoms with Gasteiger partial charge < -0.3 is 14.6 Å². The minimum Gasteiger partial charge on any atom is -0.365 e. The number of nitrogens with one attached hydrogen (secondary N) is 1. The van der Waals surface area contributed by atoms with E-state index in [-0.39, 0.29) is 13.2 Å². The van der Waals surface area contributed by atoms with Gasteiger partial charge in [0.1, 0.15) is 0 Å². The fourth-order valence-electron chi connectivity index (χ4n) is 2.47. The lowest BCUT2D eigenvalue weighted by molar-refractivity contribution is -0.233. The number of para-hydroxylation sites is 1. The number of aromatic nitrogens is 1. The maximum Gasteiger partial charge on any atom is 0.416 e. The van der Waals surface area contributed by atoms with Gasteiger partial charge in [-0.05, 0) is 12.1 Å². The minimum absolute atomic E-state index is 0.114. The van der Waals surface area contributed by atoms with Gasteiger partial charge in [-0.25, -0.2) is 0 Å². The average molecular weight is 298 g/mol. The number of carbonyl (C=O) groups is 1. The van der Waals surface area contributed by atoms with Gasteiger partial charge in [0.05, 0.1) is 24.2 Å². The second-order valence-corrected chi connectivity index (χ2v) is 4.90. The number of H-pyrrole nitrogens is 1. The molecule has 0 unspecified atom stereocenters. The highest BCUT2D eigenvalue weighted by atomic mass is 19.4. The van der Waals surface area contributed by atoms with Crippen LogP contribution in [-0.2, 0) is 4.74 Å². The molecule has 0 radical (unpaired) electrons. The normalized spacial score (nSPS) is 20.0. The van der Waals surface area contributed by atoms with E-state index >= 15 is 0 Å². The number of rotatable bonds is 1. The highest BCUT2D eigenvalue weighted by molar-refractivity contribution is 6.05. The van der Waals surface area contributed by atoms with Crippen LogP contribution in [0.1, 0.15) is 10.4 Å². The number of fused-ring (bicyclic) bond motifs is 1. The van der Waals surface area contributed by atoms with Crippen molar-refractivity contribution < 1.29 is 22.7 Å². The van der Waals surface area contributed by atoms with Crippen LogP contribution in [0, 0.1) is 0 Å². The van der Waals surface area contributed by atoms with Gasteiger partial charge in [0.2, 0.25) is 0 Å². The molecule has 1 atom stereocenters. The number of amides is 1. The van der Waals surface area contributed by atoms with E-state index in [0.29, 0.717) is 11.1 Å². The number of halogens is 3. The third-order valence-electron chi connectivity index (χ3n) is 3.54. The third-order valence-corrected chi connectivity index (χ3v) is 3.54. The van der Waals surface area contributed by atoms with Crippen LogP contribution >= 0.6 is 0 Å². The summed E-state index contributed by atoms with van der Waals surface area (Å²) in [5.41, 5.74) is 1.01. The fourth-order valence-corrected chi connectivity index (χ4v) is 2.47. The smallest absolute Gasteiger partial charge is 0.365 e. The maximum atomic E-state index is 12.7. The molecule has 0 bridgehead atoms. The number of morpholine rings is 1. The van der Waals surface area contributed by atoms with Crippen LogP contribution in [0.25, 0.3) is 10.9 Å². The zero-order valence-electron chi connectivity index (χ0n) is 11.0. The summed E-state index contributed by atoms with van der Waals surface area (Å²) in [6.45, 7) is -0.432. The number of nitrogens with zero attached hydrogens (tertiary/aromatic N) is 1. The Balaban J connectivity index is 1.86. The van der Waals surface area contributed by atoms with Crippen LogP contribution in [0.5, 0.6) is 0 Å². The Hall–Kier alpha value is -2.02. The van der Waals surface area contributed by atoms with E-state index in [0.717, 1.165) is 5.39 Å². The first kappa shape index (κ1) is 13.9. The van der Waals surface area contributed by atoms with E-state index < -0.39 is 24.7 Å². The van der Waals surface area contributed by atoms with Gasteiger partial charge in [-0.2, -0.15) is 13.2 Å². The summed E-state index contributed by atoms with van der Waals surface area (Å²) in [7, 11) is 0. The summed E-state index contributed by atoms with van der Waals surface area (Å²) >= 11 is 0. The number of alkyl halides is 3. The summed E-state index contributed by atoms with van der Waals surface area (Å²) in [5.74, 6) is -0.416. The second kappa shape index (κ2) is 5.07. The van der Waals surface area contributed by atoms with Gasteiger partial charge in [0.15, 0.2) is 6.10 Å². The van der Waals surface area contributed by atoms with E-state index in [2.05, 4.69) is 4.98 Å². The van der Waals surface area contributed by atoms with Crippen molar-refractivity contribution in [3.05, 3.63) is 36.0 Å². The Morgan fingerprint density at radius 2 is 2.14 bits per heavy atom. The number of carbonyl (C=O) groups excluding carboxylic acids is 1. The Kier molecular flexibility index (Phi) is 3.36. The van der Waals surface area contributed by atoms with E-state index in [1.807, 2.05) is 12.1 Å². The largest absolute Gasteiger partial charge is 0.416 e. The molecule has 112 valence electrons. The van der Waals surface area contributed by atoms with Crippen molar-refractivity contribution in [2.45, 2.75) is 12.3 Å². The van der Waals surface area contributed by atoms with Crippen LogP contribution in [-0.4, -0.2) is 47.8 Å². The first-order chi connectivity index (χ1) is 9.97. The summed E-state index contributed by atoms with van der Waals surface area (Å²) in [6.07, 6.45) is -4.69. The predicted octanol–water partition coefficient (Wildman–Crippen LogP) is 2.57. The predicted molar refractivity (Wildman–Crippen MR) is 70.0 cm³/mol. The Bertz CT molecular complexity index is 666. The van der Waals surface area contributed by atoms with Crippen molar-refractivity contribution in [1.82, 2.24) is 9.88 Å². The number of aromatic amines is 1. The molecule has 3 rings (SSSR count). The van der Waals surface area contributed by atoms with Crippen molar-refractivity contribution in [3.63, 3.8) is 0 Å². The Morgan fingerprint density at radius 1 is 1.33 bits per heavy atom. The van der Waals surface area contributed by atoms with Crippen LogP contribution in [0.15, 0.2) is 30.5 Å².